The van der Waals surface area contributed by atoms with E-state index in [1.807, 2.05) is 48.5 Å². The summed E-state index contributed by atoms with van der Waals surface area (Å²) in [5.74, 6) is 2.82. The summed E-state index contributed by atoms with van der Waals surface area (Å²) >= 11 is 0. The largest absolute Gasteiger partial charge is 0.457 e. The van der Waals surface area contributed by atoms with Crippen LogP contribution in [0.1, 0.15) is 36.6 Å². The molecule has 30 heavy (non-hydrogen) atoms. The molecule has 1 heterocycles. The van der Waals surface area contributed by atoms with Crippen molar-refractivity contribution in [1.29, 1.82) is 0 Å². The lowest BCUT2D eigenvalue weighted by molar-refractivity contribution is 0.115. The number of nitrogens with zero attached hydrogens (tertiary/aromatic N) is 1. The fraction of sp³-hybridized carbons (Fsp3) is 0.348. The Bertz CT molecular complexity index is 933. The van der Waals surface area contributed by atoms with Crippen molar-refractivity contribution in [2.24, 2.45) is 5.73 Å². The van der Waals surface area contributed by atoms with Gasteiger partial charge >= 0.3 is 0 Å². The zero-order valence-electron chi connectivity index (χ0n) is 16.7. The van der Waals surface area contributed by atoms with Gasteiger partial charge in [0, 0.05) is 11.5 Å². The highest BCUT2D eigenvalue weighted by Crippen LogP contribution is 2.40. The Balaban J connectivity index is 0.00000256. The molecule has 0 bridgehead atoms. The van der Waals surface area contributed by atoms with Gasteiger partial charge in [-0.2, -0.15) is 0 Å². The van der Waals surface area contributed by atoms with Crippen LogP contribution in [0.4, 0.5) is 0 Å². The molecule has 160 valence electrons. The molecule has 7 heteroatoms. The Morgan fingerprint density at radius 3 is 2.17 bits per heavy atom. The van der Waals surface area contributed by atoms with Gasteiger partial charge < -0.3 is 25.1 Å². The third-order valence-electron chi connectivity index (χ3n) is 5.30. The van der Waals surface area contributed by atoms with Crippen LogP contribution in [0.3, 0.4) is 0 Å². The molecule has 1 saturated carbocycles. The zero-order valence-corrected chi connectivity index (χ0v) is 17.5. The number of benzene rings is 2. The molecule has 6 nitrogen and oxygen atoms in total. The van der Waals surface area contributed by atoms with E-state index in [1.165, 1.54) is 12.8 Å². The minimum Gasteiger partial charge on any atom is -0.457 e. The van der Waals surface area contributed by atoms with Gasteiger partial charge in [-0.25, -0.2) is 4.98 Å². The average Bonchev–Trinajstić information content (AvgIpc) is 3.50. The Labute approximate surface area is 182 Å². The average molecular weight is 431 g/mol. The lowest BCUT2D eigenvalue weighted by atomic mass is 9.94. The van der Waals surface area contributed by atoms with Crippen molar-refractivity contribution in [1.82, 2.24) is 4.98 Å². The number of ether oxygens (including phenoxy) is 1. The van der Waals surface area contributed by atoms with E-state index in [2.05, 4.69) is 4.98 Å². The number of oxazole rings is 1. The van der Waals surface area contributed by atoms with Crippen LogP contribution < -0.4 is 10.5 Å². The Morgan fingerprint density at radius 2 is 1.60 bits per heavy atom. The zero-order chi connectivity index (χ0) is 20.3. The Hall–Kier alpha value is -2.38. The second kappa shape index (κ2) is 9.62. The highest BCUT2D eigenvalue weighted by atomic mass is 35.5. The van der Waals surface area contributed by atoms with Crippen LogP contribution in [-0.2, 0) is 6.42 Å². The number of aliphatic hydroxyl groups is 2. The standard InChI is InChI=1S/C23H26N2O4.ClH/c24-23(14-26,15-27)12-11-16-1-7-19(8-2-16)29-20-9-5-17(6-10-20)21-13-28-22(25-21)18-3-4-18;/h1-2,5-10,13,18,26-27H,3-4,11-12,14-15,24H2;1H. The van der Waals surface area contributed by atoms with E-state index in [1.54, 1.807) is 6.26 Å². The number of rotatable bonds is 9. The molecule has 1 fully saturated rings. The van der Waals surface area contributed by atoms with Crippen LogP contribution in [0.25, 0.3) is 11.3 Å². The van der Waals surface area contributed by atoms with Gasteiger partial charge in [-0.3, -0.25) is 0 Å². The van der Waals surface area contributed by atoms with Crippen molar-refractivity contribution < 1.29 is 19.4 Å². The first-order valence-corrected chi connectivity index (χ1v) is 9.92. The lowest BCUT2D eigenvalue weighted by Gasteiger charge is -2.24. The van der Waals surface area contributed by atoms with Crippen LogP contribution in [0.5, 0.6) is 11.5 Å². The molecule has 1 aromatic heterocycles. The van der Waals surface area contributed by atoms with E-state index >= 15 is 0 Å². The monoisotopic (exact) mass is 430 g/mol. The fourth-order valence-corrected chi connectivity index (χ4v) is 3.09. The summed E-state index contributed by atoms with van der Waals surface area (Å²) in [6.07, 6.45) is 5.23. The van der Waals surface area contributed by atoms with Crippen LogP contribution >= 0.6 is 12.4 Å². The number of hydrogen-bond donors (Lipinski definition) is 3. The molecule has 0 radical (unpaired) electrons. The van der Waals surface area contributed by atoms with E-state index < -0.39 is 5.54 Å². The van der Waals surface area contributed by atoms with Gasteiger partial charge in [-0.1, -0.05) is 12.1 Å². The first-order valence-electron chi connectivity index (χ1n) is 9.92. The Morgan fingerprint density at radius 1 is 1.00 bits per heavy atom. The van der Waals surface area contributed by atoms with Gasteiger partial charge in [0.15, 0.2) is 5.89 Å². The summed E-state index contributed by atoms with van der Waals surface area (Å²) in [4.78, 5) is 4.57. The van der Waals surface area contributed by atoms with Gasteiger partial charge in [0.05, 0.1) is 18.8 Å². The number of halogens is 1. The first-order chi connectivity index (χ1) is 14.1. The maximum atomic E-state index is 9.28. The maximum Gasteiger partial charge on any atom is 0.197 e. The predicted octanol–water partition coefficient (Wildman–Crippen LogP) is 4.05. The lowest BCUT2D eigenvalue weighted by Crippen LogP contribution is -2.47. The van der Waals surface area contributed by atoms with E-state index in [-0.39, 0.29) is 25.6 Å². The van der Waals surface area contributed by atoms with Crippen molar-refractivity contribution >= 4 is 12.4 Å². The van der Waals surface area contributed by atoms with Gasteiger partial charge in [-0.05, 0) is 67.6 Å². The second-order valence-corrected chi connectivity index (χ2v) is 7.79. The number of aliphatic hydroxyl groups excluding tert-OH is 2. The number of hydrogen-bond acceptors (Lipinski definition) is 6. The molecular formula is C23H27ClN2O4. The molecule has 0 spiro atoms. The van der Waals surface area contributed by atoms with E-state index in [9.17, 15) is 10.2 Å². The van der Waals surface area contributed by atoms with Gasteiger partial charge in [0.2, 0.25) is 0 Å². The van der Waals surface area contributed by atoms with Crippen molar-refractivity contribution in [3.8, 4) is 22.8 Å². The molecular weight excluding hydrogens is 404 g/mol. The molecule has 0 aliphatic heterocycles. The van der Waals surface area contributed by atoms with E-state index in [0.29, 0.717) is 18.8 Å². The summed E-state index contributed by atoms with van der Waals surface area (Å²) in [5.41, 5.74) is 7.89. The summed E-state index contributed by atoms with van der Waals surface area (Å²) in [6, 6.07) is 15.5. The maximum absolute atomic E-state index is 9.28. The molecule has 0 atom stereocenters. The first kappa shape index (κ1) is 22.3. The van der Waals surface area contributed by atoms with Gasteiger partial charge in [0.1, 0.15) is 23.5 Å². The third kappa shape index (κ3) is 5.40. The number of nitrogens with two attached hydrogens (primary N) is 1. The van der Waals surface area contributed by atoms with Crippen molar-refractivity contribution in [2.45, 2.75) is 37.1 Å². The highest BCUT2D eigenvalue weighted by molar-refractivity contribution is 5.85. The van der Waals surface area contributed by atoms with E-state index in [0.717, 1.165) is 34.2 Å². The summed E-state index contributed by atoms with van der Waals surface area (Å²) in [7, 11) is 0. The Kier molecular flexibility index (Phi) is 7.15. The topological polar surface area (TPSA) is 102 Å². The van der Waals surface area contributed by atoms with Crippen LogP contribution in [-0.4, -0.2) is 33.9 Å². The van der Waals surface area contributed by atoms with E-state index in [4.69, 9.17) is 14.9 Å². The molecule has 0 unspecified atom stereocenters. The smallest absolute Gasteiger partial charge is 0.197 e. The molecule has 0 amide bonds. The summed E-state index contributed by atoms with van der Waals surface area (Å²) in [6.45, 7) is -0.478. The van der Waals surface area contributed by atoms with Crippen molar-refractivity contribution in [3.05, 3.63) is 66.2 Å². The molecule has 3 aromatic rings. The van der Waals surface area contributed by atoms with Crippen LogP contribution in [0, 0.1) is 0 Å². The minimum atomic E-state index is -0.944. The highest BCUT2D eigenvalue weighted by Gasteiger charge is 2.28. The molecule has 1 aliphatic carbocycles. The summed E-state index contributed by atoms with van der Waals surface area (Å²) in [5, 5.41) is 18.6. The van der Waals surface area contributed by atoms with Crippen molar-refractivity contribution in [3.63, 3.8) is 0 Å². The van der Waals surface area contributed by atoms with Crippen LogP contribution in [0.15, 0.2) is 59.2 Å². The minimum absolute atomic E-state index is 0. The predicted molar refractivity (Wildman–Crippen MR) is 117 cm³/mol. The fourth-order valence-electron chi connectivity index (χ4n) is 3.09. The van der Waals surface area contributed by atoms with Crippen molar-refractivity contribution in [2.75, 3.05) is 13.2 Å². The molecule has 0 saturated heterocycles. The third-order valence-corrected chi connectivity index (χ3v) is 5.30. The number of aromatic nitrogens is 1. The number of aryl methyl sites for hydroxylation is 1. The molecule has 2 aromatic carbocycles. The van der Waals surface area contributed by atoms with Gasteiger partial charge in [-0.15, -0.1) is 12.4 Å². The molecule has 4 N–H and O–H groups in total. The summed E-state index contributed by atoms with van der Waals surface area (Å²) < 4.78 is 11.5. The SMILES string of the molecule is Cl.NC(CO)(CO)CCc1ccc(Oc2ccc(-c3coc(C4CC4)n3)cc2)cc1. The molecule has 4 rings (SSSR count). The normalized spacial score (nSPS) is 13.7. The van der Waals surface area contributed by atoms with Gasteiger partial charge in [0.25, 0.3) is 0 Å². The molecule has 1 aliphatic rings. The second-order valence-electron chi connectivity index (χ2n) is 7.79. The van der Waals surface area contributed by atoms with Crippen LogP contribution in [0.2, 0.25) is 0 Å². The quantitative estimate of drug-likeness (QED) is 0.473.